The second kappa shape index (κ2) is 8.81. The molecule has 0 unspecified atom stereocenters. The van der Waals surface area contributed by atoms with Gasteiger partial charge in [0, 0.05) is 0 Å². The molecule has 2 aromatic carbocycles. The number of aromatic carboxylic acids is 2. The summed E-state index contributed by atoms with van der Waals surface area (Å²) in [4.78, 5) is 21.7. The Morgan fingerprint density at radius 3 is 1.29 bits per heavy atom. The van der Waals surface area contributed by atoms with Crippen LogP contribution < -0.4 is 0 Å². The molecule has 0 atom stereocenters. The topological polar surface area (TPSA) is 106 Å². The molecule has 1 heterocycles. The van der Waals surface area contributed by atoms with E-state index in [4.69, 9.17) is 10.2 Å². The summed E-state index contributed by atoms with van der Waals surface area (Å²) in [7, 11) is 0. The predicted octanol–water partition coefficient (Wildman–Crippen LogP) is 2.07. The molecule has 144 valence electrons. The number of piperazine rings is 1. The Morgan fingerprint density at radius 2 is 1.00 bits per heavy atom. The lowest BCUT2D eigenvalue weighted by molar-refractivity contribution is 0.0686. The third kappa shape index (κ3) is 5.16. The average molecular weight is 380 g/mol. The third-order valence-electron chi connectivity index (χ3n) is 4.29. The van der Waals surface area contributed by atoms with Crippen molar-refractivity contribution in [2.24, 2.45) is 10.2 Å². The molecule has 1 aliphatic rings. The van der Waals surface area contributed by atoms with E-state index in [-0.39, 0.29) is 11.1 Å². The van der Waals surface area contributed by atoms with Crippen LogP contribution in [0.5, 0.6) is 0 Å². The molecule has 2 aromatic rings. The van der Waals surface area contributed by atoms with E-state index in [0.29, 0.717) is 0 Å². The molecule has 0 saturated carbocycles. The SMILES string of the molecule is O=C(O)c1ccc(C=NN2CCN(N=Cc3ccc(C(=O)O)cc3)CC2)cc1. The van der Waals surface area contributed by atoms with Gasteiger partial charge < -0.3 is 10.2 Å². The minimum atomic E-state index is -0.946. The number of hydrazone groups is 2. The van der Waals surface area contributed by atoms with Crippen LogP contribution in [0.25, 0.3) is 0 Å². The Kier molecular flexibility index (Phi) is 6.01. The summed E-state index contributed by atoms with van der Waals surface area (Å²) in [5, 5.41) is 30.6. The Bertz CT molecular complexity index is 808. The summed E-state index contributed by atoms with van der Waals surface area (Å²) in [5.41, 5.74) is 2.19. The lowest BCUT2D eigenvalue weighted by atomic mass is 10.1. The zero-order chi connectivity index (χ0) is 19.9. The first-order valence-corrected chi connectivity index (χ1v) is 8.76. The summed E-state index contributed by atoms with van der Waals surface area (Å²) in [6.07, 6.45) is 3.43. The smallest absolute Gasteiger partial charge is 0.335 e. The summed E-state index contributed by atoms with van der Waals surface area (Å²) >= 11 is 0. The molecule has 1 fully saturated rings. The van der Waals surface area contributed by atoms with Crippen LogP contribution in [0.4, 0.5) is 0 Å². The van der Waals surface area contributed by atoms with Crippen molar-refractivity contribution in [2.75, 3.05) is 26.2 Å². The van der Waals surface area contributed by atoms with Gasteiger partial charge in [-0.2, -0.15) is 10.2 Å². The van der Waals surface area contributed by atoms with Gasteiger partial charge in [0.1, 0.15) is 0 Å². The zero-order valence-corrected chi connectivity index (χ0v) is 15.1. The first kappa shape index (κ1) is 19.1. The molecule has 8 nitrogen and oxygen atoms in total. The summed E-state index contributed by atoms with van der Waals surface area (Å²) < 4.78 is 0. The molecule has 0 spiro atoms. The summed E-state index contributed by atoms with van der Waals surface area (Å²) in [5.74, 6) is -1.89. The number of hydrogen-bond donors (Lipinski definition) is 2. The highest BCUT2D eigenvalue weighted by atomic mass is 16.4. The maximum Gasteiger partial charge on any atom is 0.335 e. The van der Waals surface area contributed by atoms with E-state index in [2.05, 4.69) is 10.2 Å². The van der Waals surface area contributed by atoms with Crippen LogP contribution >= 0.6 is 0 Å². The fraction of sp³-hybridized carbons (Fsp3) is 0.200. The van der Waals surface area contributed by atoms with Gasteiger partial charge in [-0.05, 0) is 35.4 Å². The van der Waals surface area contributed by atoms with E-state index in [1.165, 1.54) is 0 Å². The van der Waals surface area contributed by atoms with E-state index in [9.17, 15) is 9.59 Å². The van der Waals surface area contributed by atoms with Gasteiger partial charge in [-0.3, -0.25) is 10.0 Å². The molecule has 28 heavy (non-hydrogen) atoms. The fourth-order valence-electron chi connectivity index (χ4n) is 2.64. The first-order chi connectivity index (χ1) is 13.5. The van der Waals surface area contributed by atoms with E-state index in [1.807, 2.05) is 10.0 Å². The number of carbonyl (C=O) groups is 2. The van der Waals surface area contributed by atoms with Crippen molar-refractivity contribution in [1.82, 2.24) is 10.0 Å². The van der Waals surface area contributed by atoms with Crippen molar-refractivity contribution >= 4 is 24.4 Å². The largest absolute Gasteiger partial charge is 0.478 e. The highest BCUT2D eigenvalue weighted by Crippen LogP contribution is 2.07. The van der Waals surface area contributed by atoms with Gasteiger partial charge in [0.25, 0.3) is 0 Å². The molecular formula is C20H20N4O4. The van der Waals surface area contributed by atoms with Gasteiger partial charge in [-0.15, -0.1) is 0 Å². The second-order valence-electron chi connectivity index (χ2n) is 6.25. The third-order valence-corrected chi connectivity index (χ3v) is 4.29. The van der Waals surface area contributed by atoms with Crippen LogP contribution in [0.3, 0.4) is 0 Å². The molecule has 1 saturated heterocycles. The van der Waals surface area contributed by atoms with Crippen molar-refractivity contribution in [2.45, 2.75) is 0 Å². The maximum absolute atomic E-state index is 10.9. The van der Waals surface area contributed by atoms with Crippen molar-refractivity contribution in [3.8, 4) is 0 Å². The van der Waals surface area contributed by atoms with Gasteiger partial charge in [0.05, 0.1) is 49.7 Å². The molecule has 3 rings (SSSR count). The zero-order valence-electron chi connectivity index (χ0n) is 15.1. The minimum absolute atomic E-state index is 0.251. The summed E-state index contributed by atoms with van der Waals surface area (Å²) in [6, 6.07) is 13.1. The predicted molar refractivity (Wildman–Crippen MR) is 105 cm³/mol. The molecule has 0 radical (unpaired) electrons. The quantitative estimate of drug-likeness (QED) is 0.743. The Labute approximate surface area is 162 Å². The molecular weight excluding hydrogens is 360 g/mol. The van der Waals surface area contributed by atoms with Crippen LogP contribution in [0.2, 0.25) is 0 Å². The summed E-state index contributed by atoms with van der Waals surface area (Å²) in [6.45, 7) is 2.88. The van der Waals surface area contributed by atoms with Crippen molar-refractivity contribution in [3.05, 3.63) is 70.8 Å². The lowest BCUT2D eigenvalue weighted by Gasteiger charge is -2.31. The van der Waals surface area contributed by atoms with Gasteiger partial charge in [0.2, 0.25) is 0 Å². The lowest BCUT2D eigenvalue weighted by Crippen LogP contribution is -2.41. The van der Waals surface area contributed by atoms with Gasteiger partial charge in [0.15, 0.2) is 0 Å². The van der Waals surface area contributed by atoms with Crippen LogP contribution in [-0.2, 0) is 0 Å². The Hall–Kier alpha value is -3.68. The monoisotopic (exact) mass is 380 g/mol. The molecule has 0 amide bonds. The van der Waals surface area contributed by atoms with Crippen molar-refractivity contribution in [3.63, 3.8) is 0 Å². The molecule has 2 N–H and O–H groups in total. The number of hydrogen-bond acceptors (Lipinski definition) is 6. The number of carboxylic acid groups (broad SMARTS) is 2. The van der Waals surface area contributed by atoms with Gasteiger partial charge in [-0.1, -0.05) is 24.3 Å². The number of rotatable bonds is 6. The van der Waals surface area contributed by atoms with Crippen LogP contribution in [0.15, 0.2) is 58.7 Å². The van der Waals surface area contributed by atoms with Crippen LogP contribution in [0.1, 0.15) is 31.8 Å². The average Bonchev–Trinajstić information content (AvgIpc) is 2.72. The number of carboxylic acids is 2. The molecule has 0 aromatic heterocycles. The highest BCUT2D eigenvalue weighted by molar-refractivity contribution is 5.89. The van der Waals surface area contributed by atoms with E-state index < -0.39 is 11.9 Å². The molecule has 0 bridgehead atoms. The normalized spacial score (nSPS) is 14.7. The van der Waals surface area contributed by atoms with Crippen LogP contribution in [0, 0.1) is 0 Å². The van der Waals surface area contributed by atoms with E-state index in [0.717, 1.165) is 37.3 Å². The second-order valence-corrected chi connectivity index (χ2v) is 6.25. The van der Waals surface area contributed by atoms with E-state index in [1.54, 1.807) is 61.0 Å². The van der Waals surface area contributed by atoms with Gasteiger partial charge in [-0.25, -0.2) is 9.59 Å². The first-order valence-electron chi connectivity index (χ1n) is 8.76. The molecule has 8 heteroatoms. The van der Waals surface area contributed by atoms with Crippen molar-refractivity contribution < 1.29 is 19.8 Å². The molecule has 0 aliphatic carbocycles. The Balaban J connectivity index is 1.48. The van der Waals surface area contributed by atoms with Crippen LogP contribution in [-0.4, -0.2) is 70.8 Å². The molecule has 1 aliphatic heterocycles. The number of nitrogens with zero attached hydrogens (tertiary/aromatic N) is 4. The highest BCUT2D eigenvalue weighted by Gasteiger charge is 2.13. The van der Waals surface area contributed by atoms with Gasteiger partial charge >= 0.3 is 11.9 Å². The standard InChI is InChI=1S/C20H20N4O4/c25-19(26)17-5-1-15(2-6-17)13-21-23-9-11-24(12-10-23)22-14-16-3-7-18(8-4-16)20(27)28/h1-8,13-14H,9-12H2,(H,25,26)(H,27,28). The minimum Gasteiger partial charge on any atom is -0.478 e. The van der Waals surface area contributed by atoms with E-state index >= 15 is 0 Å². The van der Waals surface area contributed by atoms with Crippen molar-refractivity contribution in [1.29, 1.82) is 0 Å². The maximum atomic E-state index is 10.9. The Morgan fingerprint density at radius 1 is 0.679 bits per heavy atom. The fourth-order valence-corrected chi connectivity index (χ4v) is 2.64. The number of benzene rings is 2.